The van der Waals surface area contributed by atoms with Crippen LogP contribution in [0.25, 0.3) is 0 Å². The van der Waals surface area contributed by atoms with Gasteiger partial charge < -0.3 is 15.2 Å². The molecule has 134 valence electrons. The summed E-state index contributed by atoms with van der Waals surface area (Å²) in [5.74, 6) is -1.15. The van der Waals surface area contributed by atoms with Crippen molar-refractivity contribution < 1.29 is 19.4 Å². The number of carboxylic acids is 1. The molecule has 0 aliphatic carbocycles. The van der Waals surface area contributed by atoms with Crippen LogP contribution in [0.2, 0.25) is 0 Å². The molecule has 0 spiro atoms. The number of amides is 1. The molecule has 1 aromatic carbocycles. The molecule has 0 aliphatic rings. The van der Waals surface area contributed by atoms with Crippen molar-refractivity contribution in [3.63, 3.8) is 0 Å². The van der Waals surface area contributed by atoms with Crippen molar-refractivity contribution in [1.82, 2.24) is 15.1 Å². The summed E-state index contributed by atoms with van der Waals surface area (Å²) < 4.78 is 6.80. The Hall–Kier alpha value is -2.83. The van der Waals surface area contributed by atoms with Crippen LogP contribution in [0.15, 0.2) is 30.3 Å². The second-order valence-corrected chi connectivity index (χ2v) is 5.80. The Bertz CT molecular complexity index is 740. The SMILES string of the molecule is CCCc1c(C(NC(=O)OCc2ccccc2)C(=O)O)c(C)nn1C. The summed E-state index contributed by atoms with van der Waals surface area (Å²) in [5.41, 5.74) is 2.74. The average Bonchev–Trinajstić information content (AvgIpc) is 2.85. The fourth-order valence-corrected chi connectivity index (χ4v) is 2.77. The number of alkyl carbamates (subject to hydrolysis) is 1. The first-order chi connectivity index (χ1) is 11.9. The molecule has 0 saturated heterocycles. The van der Waals surface area contributed by atoms with Crippen molar-refractivity contribution in [3.8, 4) is 0 Å². The number of ether oxygens (including phenoxy) is 1. The van der Waals surface area contributed by atoms with Crippen molar-refractivity contribution in [2.75, 3.05) is 0 Å². The van der Waals surface area contributed by atoms with Gasteiger partial charge in [-0.3, -0.25) is 4.68 Å². The lowest BCUT2D eigenvalue weighted by molar-refractivity contribution is -0.139. The van der Waals surface area contributed by atoms with Crippen molar-refractivity contribution >= 4 is 12.1 Å². The highest BCUT2D eigenvalue weighted by atomic mass is 16.5. The van der Waals surface area contributed by atoms with Crippen molar-refractivity contribution in [2.24, 2.45) is 7.05 Å². The van der Waals surface area contributed by atoms with Crippen LogP contribution in [-0.2, 0) is 29.6 Å². The molecule has 2 aromatic rings. The van der Waals surface area contributed by atoms with Crippen LogP contribution in [0.3, 0.4) is 0 Å². The maximum Gasteiger partial charge on any atom is 0.408 e. The molecule has 0 aliphatic heterocycles. The van der Waals surface area contributed by atoms with E-state index in [4.69, 9.17) is 4.74 Å². The van der Waals surface area contributed by atoms with Gasteiger partial charge in [-0.25, -0.2) is 9.59 Å². The summed E-state index contributed by atoms with van der Waals surface area (Å²) in [4.78, 5) is 23.8. The molecule has 0 bridgehead atoms. The van der Waals surface area contributed by atoms with Crippen LogP contribution in [-0.4, -0.2) is 26.9 Å². The van der Waals surface area contributed by atoms with Crippen molar-refractivity contribution in [1.29, 1.82) is 0 Å². The number of carboxylic acid groups (broad SMARTS) is 1. The fraction of sp³-hybridized carbons (Fsp3) is 0.389. The summed E-state index contributed by atoms with van der Waals surface area (Å²) in [7, 11) is 1.77. The van der Waals surface area contributed by atoms with Gasteiger partial charge in [-0.1, -0.05) is 43.7 Å². The number of benzene rings is 1. The van der Waals surface area contributed by atoms with E-state index in [2.05, 4.69) is 10.4 Å². The molecule has 0 saturated carbocycles. The van der Waals surface area contributed by atoms with E-state index in [0.29, 0.717) is 17.7 Å². The maximum absolute atomic E-state index is 12.1. The lowest BCUT2D eigenvalue weighted by Gasteiger charge is -2.16. The number of hydrogen-bond donors (Lipinski definition) is 2. The maximum atomic E-state index is 12.1. The number of hydrogen-bond acceptors (Lipinski definition) is 4. The summed E-state index contributed by atoms with van der Waals surface area (Å²) in [6.07, 6.45) is 0.746. The smallest absolute Gasteiger partial charge is 0.408 e. The van der Waals surface area contributed by atoms with Crippen LogP contribution in [0, 0.1) is 6.92 Å². The Kier molecular flexibility index (Phi) is 6.16. The minimum absolute atomic E-state index is 0.0762. The average molecular weight is 345 g/mol. The van der Waals surface area contributed by atoms with E-state index in [0.717, 1.165) is 17.7 Å². The van der Waals surface area contributed by atoms with Gasteiger partial charge in [0.15, 0.2) is 6.04 Å². The van der Waals surface area contributed by atoms with E-state index >= 15 is 0 Å². The molecule has 1 aromatic heterocycles. The molecule has 1 amide bonds. The zero-order valence-electron chi connectivity index (χ0n) is 14.7. The van der Waals surface area contributed by atoms with Crippen molar-refractivity contribution in [2.45, 2.75) is 39.3 Å². The van der Waals surface area contributed by atoms with E-state index in [1.54, 1.807) is 18.7 Å². The summed E-state index contributed by atoms with van der Waals surface area (Å²) >= 11 is 0. The minimum atomic E-state index is -1.20. The second-order valence-electron chi connectivity index (χ2n) is 5.80. The molecule has 7 nitrogen and oxygen atoms in total. The number of carbonyl (C=O) groups excluding carboxylic acids is 1. The van der Waals surface area contributed by atoms with Crippen LogP contribution in [0.5, 0.6) is 0 Å². The van der Waals surface area contributed by atoms with Crippen molar-refractivity contribution in [3.05, 3.63) is 52.8 Å². The van der Waals surface area contributed by atoms with E-state index < -0.39 is 18.1 Å². The van der Waals surface area contributed by atoms with E-state index in [1.807, 2.05) is 37.3 Å². The Morgan fingerprint density at radius 3 is 2.60 bits per heavy atom. The fourth-order valence-electron chi connectivity index (χ4n) is 2.77. The molecule has 1 heterocycles. The molecule has 0 fully saturated rings. The Morgan fingerprint density at radius 2 is 2.00 bits per heavy atom. The number of aliphatic carboxylic acids is 1. The topological polar surface area (TPSA) is 93.4 Å². The molecule has 1 atom stereocenters. The minimum Gasteiger partial charge on any atom is -0.479 e. The molecular formula is C18H23N3O4. The zero-order chi connectivity index (χ0) is 18.4. The third kappa shape index (κ3) is 4.59. The number of nitrogens with zero attached hydrogens (tertiary/aromatic N) is 2. The van der Waals surface area contributed by atoms with Gasteiger partial charge in [0, 0.05) is 18.3 Å². The quantitative estimate of drug-likeness (QED) is 0.805. The van der Waals surface area contributed by atoms with Gasteiger partial charge >= 0.3 is 12.1 Å². The van der Waals surface area contributed by atoms with Gasteiger partial charge in [-0.15, -0.1) is 0 Å². The predicted molar refractivity (Wildman–Crippen MR) is 92.1 cm³/mol. The first kappa shape index (κ1) is 18.5. The van der Waals surface area contributed by atoms with Gasteiger partial charge in [-0.2, -0.15) is 5.10 Å². The zero-order valence-corrected chi connectivity index (χ0v) is 14.7. The Balaban J connectivity index is 2.13. The number of rotatable bonds is 7. The first-order valence-corrected chi connectivity index (χ1v) is 8.16. The third-order valence-corrected chi connectivity index (χ3v) is 3.89. The largest absolute Gasteiger partial charge is 0.479 e. The predicted octanol–water partition coefficient (Wildman–Crippen LogP) is 2.73. The van der Waals surface area contributed by atoms with Gasteiger partial charge in [0.1, 0.15) is 6.61 Å². The van der Waals surface area contributed by atoms with Gasteiger partial charge in [0.05, 0.1) is 5.69 Å². The third-order valence-electron chi connectivity index (χ3n) is 3.89. The number of nitrogens with one attached hydrogen (secondary N) is 1. The van der Waals surface area contributed by atoms with Crippen LogP contribution in [0.1, 0.15) is 41.9 Å². The first-order valence-electron chi connectivity index (χ1n) is 8.16. The molecule has 0 radical (unpaired) electrons. The van der Waals surface area contributed by atoms with Gasteiger partial charge in [0.2, 0.25) is 0 Å². The molecule has 2 rings (SSSR count). The Labute approximate surface area is 146 Å². The number of aromatic nitrogens is 2. The lowest BCUT2D eigenvalue weighted by Crippen LogP contribution is -2.35. The van der Waals surface area contributed by atoms with Gasteiger partial charge in [0.25, 0.3) is 0 Å². The molecular weight excluding hydrogens is 322 g/mol. The highest BCUT2D eigenvalue weighted by molar-refractivity contribution is 5.82. The summed E-state index contributed by atoms with van der Waals surface area (Å²) in [6.45, 7) is 3.82. The van der Waals surface area contributed by atoms with Crippen LogP contribution >= 0.6 is 0 Å². The normalized spacial score (nSPS) is 11.8. The number of aryl methyl sites for hydroxylation is 2. The Morgan fingerprint density at radius 1 is 1.32 bits per heavy atom. The van der Waals surface area contributed by atoms with Crippen LogP contribution < -0.4 is 5.32 Å². The molecule has 25 heavy (non-hydrogen) atoms. The summed E-state index contributed by atoms with van der Waals surface area (Å²) in [6, 6.07) is 8.00. The monoisotopic (exact) mass is 345 g/mol. The van der Waals surface area contributed by atoms with Crippen LogP contribution in [0.4, 0.5) is 4.79 Å². The second kappa shape index (κ2) is 8.32. The van der Waals surface area contributed by atoms with Gasteiger partial charge in [-0.05, 0) is 18.9 Å². The highest BCUT2D eigenvalue weighted by Gasteiger charge is 2.29. The molecule has 2 N–H and O–H groups in total. The lowest BCUT2D eigenvalue weighted by atomic mass is 10.0. The highest BCUT2D eigenvalue weighted by Crippen LogP contribution is 2.23. The standard InChI is InChI=1S/C18H23N3O4/c1-4-8-14-15(12(2)20-21(14)3)16(17(22)23)19-18(24)25-11-13-9-6-5-7-10-13/h5-7,9-10,16H,4,8,11H2,1-3H3,(H,19,24)(H,22,23). The molecule has 7 heteroatoms. The summed E-state index contributed by atoms with van der Waals surface area (Å²) in [5, 5.41) is 16.3. The molecule has 1 unspecified atom stereocenters. The van der Waals surface area contributed by atoms with E-state index in [1.165, 1.54) is 0 Å². The van der Waals surface area contributed by atoms with E-state index in [-0.39, 0.29) is 6.61 Å². The number of carbonyl (C=O) groups is 2. The van der Waals surface area contributed by atoms with E-state index in [9.17, 15) is 14.7 Å².